The molecule has 0 fully saturated rings. The molecule has 0 saturated carbocycles. The molecule has 0 saturated heterocycles. The minimum absolute atomic E-state index is 0.141. The highest BCUT2D eigenvalue weighted by atomic mass is 19.1. The molecule has 154 valence electrons. The summed E-state index contributed by atoms with van der Waals surface area (Å²) in [5.74, 6) is -1.34. The molecule has 7 nitrogen and oxygen atoms in total. The summed E-state index contributed by atoms with van der Waals surface area (Å²) < 4.78 is 16.0. The van der Waals surface area contributed by atoms with Crippen molar-refractivity contribution >= 4 is 11.6 Å². The summed E-state index contributed by atoms with van der Waals surface area (Å²) in [5, 5.41) is 6.62. The van der Waals surface area contributed by atoms with Gasteiger partial charge in [-0.2, -0.15) is 9.78 Å². The molecule has 0 aliphatic rings. The molecule has 0 unspecified atom stereocenters. The number of aromatic nitrogens is 3. The van der Waals surface area contributed by atoms with Gasteiger partial charge in [0.1, 0.15) is 5.82 Å². The first kappa shape index (κ1) is 20.0. The Morgan fingerprint density at radius 1 is 0.871 bits per heavy atom. The molecule has 1 amide bonds. The second-order valence-electron chi connectivity index (χ2n) is 6.68. The van der Waals surface area contributed by atoms with Gasteiger partial charge < -0.3 is 5.32 Å². The van der Waals surface area contributed by atoms with Crippen molar-refractivity contribution in [3.05, 3.63) is 123 Å². The van der Waals surface area contributed by atoms with Crippen LogP contribution in [0.25, 0.3) is 5.69 Å². The van der Waals surface area contributed by atoms with E-state index in [9.17, 15) is 18.8 Å². The average Bonchev–Trinajstić information content (AvgIpc) is 2.79. The molecule has 0 radical (unpaired) electrons. The van der Waals surface area contributed by atoms with Crippen molar-refractivity contribution in [2.45, 2.75) is 6.54 Å². The number of rotatable bonds is 5. The van der Waals surface area contributed by atoms with Gasteiger partial charge in [-0.3, -0.25) is 14.2 Å². The van der Waals surface area contributed by atoms with Gasteiger partial charge in [0, 0.05) is 11.3 Å². The molecule has 8 heteroatoms. The van der Waals surface area contributed by atoms with E-state index in [4.69, 9.17) is 0 Å². The lowest BCUT2D eigenvalue weighted by molar-refractivity contribution is 0.101. The minimum atomic E-state index is -0.908. The normalized spacial score (nSPS) is 10.6. The second kappa shape index (κ2) is 8.58. The van der Waals surface area contributed by atoms with Crippen LogP contribution in [-0.4, -0.2) is 20.3 Å². The van der Waals surface area contributed by atoms with E-state index < -0.39 is 28.7 Å². The minimum Gasteiger partial charge on any atom is -0.320 e. The third-order valence-electron chi connectivity index (χ3n) is 4.59. The van der Waals surface area contributed by atoms with E-state index in [-0.39, 0.29) is 12.1 Å². The Kier molecular flexibility index (Phi) is 5.53. The molecular weight excluding hydrogens is 399 g/mol. The Balaban J connectivity index is 1.86. The van der Waals surface area contributed by atoms with Crippen LogP contribution in [0.1, 0.15) is 16.1 Å². The number of carbonyl (C=O) groups excluding carboxylic acids is 1. The van der Waals surface area contributed by atoms with Crippen molar-refractivity contribution < 1.29 is 9.18 Å². The van der Waals surface area contributed by atoms with E-state index in [2.05, 4.69) is 10.4 Å². The van der Waals surface area contributed by atoms with E-state index in [1.165, 1.54) is 18.2 Å². The lowest BCUT2D eigenvalue weighted by atomic mass is 10.2. The number of benzene rings is 3. The van der Waals surface area contributed by atoms with E-state index in [0.717, 1.165) is 9.25 Å². The number of anilines is 1. The Labute approximate surface area is 176 Å². The maximum atomic E-state index is 14.2. The van der Waals surface area contributed by atoms with E-state index in [1.807, 2.05) is 0 Å². The first-order valence-electron chi connectivity index (χ1n) is 9.44. The van der Waals surface area contributed by atoms with Crippen LogP contribution in [-0.2, 0) is 6.54 Å². The van der Waals surface area contributed by atoms with E-state index >= 15 is 0 Å². The maximum Gasteiger partial charge on any atom is 0.352 e. The van der Waals surface area contributed by atoms with Crippen molar-refractivity contribution in [3.8, 4) is 5.69 Å². The Bertz CT molecular complexity index is 1350. The molecule has 0 atom stereocenters. The molecule has 31 heavy (non-hydrogen) atoms. The number of amides is 1. The fourth-order valence-corrected chi connectivity index (χ4v) is 3.04. The fraction of sp³-hybridized carbons (Fsp3) is 0.0435. The van der Waals surface area contributed by atoms with Crippen LogP contribution in [0.2, 0.25) is 0 Å². The number of nitrogens with one attached hydrogen (secondary N) is 1. The van der Waals surface area contributed by atoms with E-state index in [1.54, 1.807) is 66.7 Å². The first-order valence-corrected chi connectivity index (χ1v) is 9.44. The van der Waals surface area contributed by atoms with Crippen molar-refractivity contribution in [1.82, 2.24) is 14.3 Å². The van der Waals surface area contributed by atoms with Crippen molar-refractivity contribution in [1.29, 1.82) is 0 Å². The molecular formula is C23H17FN4O3. The maximum absolute atomic E-state index is 14.2. The molecule has 0 spiro atoms. The van der Waals surface area contributed by atoms with Gasteiger partial charge in [0.25, 0.3) is 11.5 Å². The zero-order valence-corrected chi connectivity index (χ0v) is 16.2. The predicted molar refractivity (Wildman–Crippen MR) is 114 cm³/mol. The summed E-state index contributed by atoms with van der Waals surface area (Å²) in [7, 11) is 0. The predicted octanol–water partition coefficient (Wildman–Crippen LogP) is 2.83. The Hall–Kier alpha value is -4.33. The van der Waals surface area contributed by atoms with Gasteiger partial charge in [0.15, 0.2) is 0 Å². The van der Waals surface area contributed by atoms with Gasteiger partial charge in [0.2, 0.25) is 5.69 Å². The first-order chi connectivity index (χ1) is 15.0. The summed E-state index contributed by atoms with van der Waals surface area (Å²) in [4.78, 5) is 38.9. The van der Waals surface area contributed by atoms with Gasteiger partial charge >= 0.3 is 5.69 Å². The Morgan fingerprint density at radius 2 is 1.48 bits per heavy atom. The van der Waals surface area contributed by atoms with Crippen molar-refractivity contribution in [3.63, 3.8) is 0 Å². The topological polar surface area (TPSA) is 86.0 Å². The lowest BCUT2D eigenvalue weighted by Crippen LogP contribution is -2.45. The van der Waals surface area contributed by atoms with Gasteiger partial charge in [-0.1, -0.05) is 54.6 Å². The third-order valence-corrected chi connectivity index (χ3v) is 4.59. The van der Waals surface area contributed by atoms with Crippen LogP contribution in [0.15, 0.2) is 94.5 Å². The zero-order valence-electron chi connectivity index (χ0n) is 16.2. The summed E-state index contributed by atoms with van der Waals surface area (Å²) in [6, 6.07) is 22.7. The van der Waals surface area contributed by atoms with Crippen LogP contribution in [0.5, 0.6) is 0 Å². The second-order valence-corrected chi connectivity index (χ2v) is 6.68. The lowest BCUT2D eigenvalue weighted by Gasteiger charge is -2.12. The highest BCUT2D eigenvalue weighted by Gasteiger charge is 2.21. The molecule has 0 bridgehead atoms. The quantitative estimate of drug-likeness (QED) is 0.542. The highest BCUT2D eigenvalue weighted by Crippen LogP contribution is 2.09. The average molecular weight is 416 g/mol. The molecule has 0 aliphatic heterocycles. The zero-order chi connectivity index (χ0) is 21.8. The largest absolute Gasteiger partial charge is 0.352 e. The van der Waals surface area contributed by atoms with Crippen LogP contribution < -0.4 is 16.6 Å². The number of nitrogens with zero attached hydrogens (tertiary/aromatic N) is 3. The number of para-hydroxylation sites is 2. The van der Waals surface area contributed by atoms with Gasteiger partial charge in [-0.25, -0.2) is 9.18 Å². The molecule has 0 aliphatic carbocycles. The Morgan fingerprint density at radius 3 is 2.16 bits per heavy atom. The summed E-state index contributed by atoms with van der Waals surface area (Å²) >= 11 is 0. The summed E-state index contributed by atoms with van der Waals surface area (Å²) in [6.07, 6.45) is 0. The van der Waals surface area contributed by atoms with Gasteiger partial charge in [-0.15, -0.1) is 0 Å². The van der Waals surface area contributed by atoms with Gasteiger partial charge in [-0.05, 0) is 30.3 Å². The number of carbonyl (C=O) groups is 1. The molecule has 1 N–H and O–H groups in total. The molecule has 1 heterocycles. The van der Waals surface area contributed by atoms with Crippen LogP contribution in [0.3, 0.4) is 0 Å². The third kappa shape index (κ3) is 4.18. The molecule has 3 aromatic carbocycles. The summed E-state index contributed by atoms with van der Waals surface area (Å²) in [6.45, 7) is -0.342. The number of hydrogen-bond acceptors (Lipinski definition) is 4. The van der Waals surface area contributed by atoms with Crippen molar-refractivity contribution in [2.75, 3.05) is 5.32 Å². The highest BCUT2D eigenvalue weighted by molar-refractivity contribution is 6.02. The van der Waals surface area contributed by atoms with Crippen LogP contribution in [0, 0.1) is 5.82 Å². The smallest absolute Gasteiger partial charge is 0.320 e. The monoisotopic (exact) mass is 416 g/mol. The summed E-state index contributed by atoms with van der Waals surface area (Å²) in [5.41, 5.74) is -1.20. The molecule has 4 rings (SSSR count). The number of hydrogen-bond donors (Lipinski definition) is 1. The molecule has 4 aromatic rings. The molecule has 1 aromatic heterocycles. The fourth-order valence-electron chi connectivity index (χ4n) is 3.04. The standard InChI is InChI=1S/C23H17FN4O3/c24-19-14-8-7-9-16(19)15-27-22(30)20(21(29)25-17-10-3-1-4-11-17)26-28(23(27)31)18-12-5-2-6-13-18/h1-14H,15H2,(H,25,29). The van der Waals surface area contributed by atoms with Gasteiger partial charge in [0.05, 0.1) is 12.2 Å². The van der Waals surface area contributed by atoms with Crippen LogP contribution in [0.4, 0.5) is 10.1 Å². The van der Waals surface area contributed by atoms with E-state index in [0.29, 0.717) is 11.4 Å². The SMILES string of the molecule is O=C(Nc1ccccc1)c1nn(-c2ccccc2)c(=O)n(Cc2ccccc2F)c1=O. The number of halogens is 1. The van der Waals surface area contributed by atoms with Crippen molar-refractivity contribution in [2.24, 2.45) is 0 Å². The van der Waals surface area contributed by atoms with Crippen LogP contribution >= 0.6 is 0 Å².